The molecule has 2 rings (SSSR count). The first-order valence-corrected chi connectivity index (χ1v) is 10.9. The third-order valence-electron chi connectivity index (χ3n) is 5.23. The van der Waals surface area contributed by atoms with Gasteiger partial charge in [0.05, 0.1) is 17.5 Å². The Hall–Kier alpha value is -0.0900. The highest BCUT2D eigenvalue weighted by Crippen LogP contribution is 2.30. The predicted octanol–water partition coefficient (Wildman–Crippen LogP) is 0.0473. The van der Waals surface area contributed by atoms with Crippen LogP contribution in [0.4, 0.5) is 0 Å². The van der Waals surface area contributed by atoms with E-state index in [0.717, 1.165) is 25.8 Å². The standard InChI is InChI=1S/C17H31ClN2O5S/c1-4-5-9-6-10(19-7-9)16(24)20-11(8(2)18)15-13(22)12(21)14(23)17(25-15)26-3/h8-15,17,19,21-23H,4-7H2,1-3H3,(H,20,24)/t8-,9+,10-,11+,12-,13+,14+,15?,17+/m0/s1. The molecule has 2 saturated heterocycles. The number of carbonyl (C=O) groups excluding carboxylic acids is 1. The lowest BCUT2D eigenvalue weighted by molar-refractivity contribution is -0.205. The number of amides is 1. The van der Waals surface area contributed by atoms with Gasteiger partial charge in [0.15, 0.2) is 0 Å². The van der Waals surface area contributed by atoms with Gasteiger partial charge >= 0.3 is 0 Å². The van der Waals surface area contributed by atoms with Gasteiger partial charge in [0.2, 0.25) is 5.91 Å². The molecule has 0 spiro atoms. The summed E-state index contributed by atoms with van der Waals surface area (Å²) >= 11 is 7.50. The summed E-state index contributed by atoms with van der Waals surface area (Å²) in [6, 6.07) is -0.986. The molecule has 9 heteroatoms. The second kappa shape index (κ2) is 9.91. The maximum atomic E-state index is 12.7. The van der Waals surface area contributed by atoms with Crippen molar-refractivity contribution >= 4 is 29.3 Å². The van der Waals surface area contributed by atoms with E-state index in [1.807, 2.05) is 0 Å². The molecule has 0 aliphatic carbocycles. The fraction of sp³-hybridized carbons (Fsp3) is 0.941. The molecule has 0 aromatic rings. The molecular formula is C17H31ClN2O5S. The second-order valence-corrected chi connectivity index (χ2v) is 8.86. The maximum absolute atomic E-state index is 12.7. The van der Waals surface area contributed by atoms with Gasteiger partial charge in [0.25, 0.3) is 0 Å². The van der Waals surface area contributed by atoms with E-state index in [9.17, 15) is 20.1 Å². The predicted molar refractivity (Wildman–Crippen MR) is 102 cm³/mol. The molecule has 1 unspecified atom stereocenters. The minimum absolute atomic E-state index is 0.182. The molecule has 9 atom stereocenters. The lowest BCUT2D eigenvalue weighted by Gasteiger charge is -2.44. The highest BCUT2D eigenvalue weighted by molar-refractivity contribution is 7.99. The molecule has 7 nitrogen and oxygen atoms in total. The molecule has 2 aliphatic rings. The minimum atomic E-state index is -1.36. The molecule has 5 N–H and O–H groups in total. The van der Waals surface area contributed by atoms with Crippen molar-refractivity contribution in [2.24, 2.45) is 5.92 Å². The van der Waals surface area contributed by atoms with Crippen LogP contribution in [0.15, 0.2) is 0 Å². The van der Waals surface area contributed by atoms with Gasteiger partial charge in [-0.2, -0.15) is 0 Å². The van der Waals surface area contributed by atoms with Crippen LogP contribution < -0.4 is 10.6 Å². The van der Waals surface area contributed by atoms with Gasteiger partial charge < -0.3 is 30.7 Å². The Balaban J connectivity index is 2.05. The third kappa shape index (κ3) is 5.04. The zero-order valence-corrected chi connectivity index (χ0v) is 17.0. The van der Waals surface area contributed by atoms with Crippen LogP contribution in [-0.4, -0.2) is 81.3 Å². The number of alkyl halides is 1. The first kappa shape index (κ1) is 22.2. The summed E-state index contributed by atoms with van der Waals surface area (Å²) in [6.45, 7) is 4.65. The fourth-order valence-corrected chi connectivity index (χ4v) is 4.61. The van der Waals surface area contributed by atoms with E-state index in [4.69, 9.17) is 16.3 Å². The van der Waals surface area contributed by atoms with E-state index in [1.54, 1.807) is 13.2 Å². The first-order valence-electron chi connectivity index (χ1n) is 9.20. The molecule has 0 aromatic heterocycles. The third-order valence-corrected chi connectivity index (χ3v) is 6.36. The van der Waals surface area contributed by atoms with Gasteiger partial charge in [-0.05, 0) is 38.5 Å². The molecule has 0 bridgehead atoms. The number of thioether (sulfide) groups is 1. The topological polar surface area (TPSA) is 111 Å². The number of hydrogen-bond acceptors (Lipinski definition) is 7. The van der Waals surface area contributed by atoms with Crippen LogP contribution in [0.2, 0.25) is 0 Å². The number of carbonyl (C=O) groups is 1. The van der Waals surface area contributed by atoms with E-state index in [2.05, 4.69) is 17.6 Å². The molecule has 0 aromatic carbocycles. The SMILES string of the molecule is CCC[C@H]1CN[C@H](C(=O)N[C@@H](C2O[C@H](SC)[C@H](O)[C@@H](O)[C@H]2O)[C@H](C)Cl)C1. The van der Waals surface area contributed by atoms with Crippen LogP contribution in [0.25, 0.3) is 0 Å². The van der Waals surface area contributed by atoms with E-state index >= 15 is 0 Å². The number of hydrogen-bond donors (Lipinski definition) is 5. The van der Waals surface area contributed by atoms with Crippen molar-refractivity contribution in [3.05, 3.63) is 0 Å². The summed E-state index contributed by atoms with van der Waals surface area (Å²) in [7, 11) is 0. The van der Waals surface area contributed by atoms with Crippen molar-refractivity contribution in [3.63, 3.8) is 0 Å². The van der Waals surface area contributed by atoms with Crippen LogP contribution in [0, 0.1) is 5.92 Å². The number of aliphatic hydroxyl groups is 3. The van der Waals surface area contributed by atoms with Crippen molar-refractivity contribution < 1.29 is 24.9 Å². The van der Waals surface area contributed by atoms with Crippen LogP contribution >= 0.6 is 23.4 Å². The lowest BCUT2D eigenvalue weighted by atomic mass is 9.92. The van der Waals surface area contributed by atoms with E-state index in [-0.39, 0.29) is 11.9 Å². The molecule has 2 heterocycles. The van der Waals surface area contributed by atoms with E-state index < -0.39 is 41.3 Å². The highest BCUT2D eigenvalue weighted by atomic mass is 35.5. The van der Waals surface area contributed by atoms with Crippen molar-refractivity contribution in [2.45, 2.75) is 80.4 Å². The Morgan fingerprint density at radius 3 is 2.62 bits per heavy atom. The van der Waals surface area contributed by atoms with Gasteiger partial charge in [-0.25, -0.2) is 0 Å². The molecule has 2 aliphatic heterocycles. The smallest absolute Gasteiger partial charge is 0.237 e. The highest BCUT2D eigenvalue weighted by Gasteiger charge is 2.48. The molecule has 0 radical (unpaired) electrons. The molecule has 0 saturated carbocycles. The average molecular weight is 411 g/mol. The molecular weight excluding hydrogens is 380 g/mol. The average Bonchev–Trinajstić information content (AvgIpc) is 3.07. The van der Waals surface area contributed by atoms with Crippen LogP contribution in [0.5, 0.6) is 0 Å². The summed E-state index contributed by atoms with van der Waals surface area (Å²) in [6.07, 6.45) is -0.144. The zero-order valence-electron chi connectivity index (χ0n) is 15.5. The van der Waals surface area contributed by atoms with Gasteiger partial charge in [-0.1, -0.05) is 13.3 Å². The number of halogens is 1. The largest absolute Gasteiger partial charge is 0.388 e. The van der Waals surface area contributed by atoms with Crippen molar-refractivity contribution in [1.29, 1.82) is 0 Å². The molecule has 1 amide bonds. The lowest BCUT2D eigenvalue weighted by Crippen LogP contribution is -2.65. The van der Waals surface area contributed by atoms with Gasteiger partial charge in [-0.3, -0.25) is 4.79 Å². The van der Waals surface area contributed by atoms with Gasteiger partial charge in [0.1, 0.15) is 29.9 Å². The summed E-state index contributed by atoms with van der Waals surface area (Å²) in [5.74, 6) is 0.301. The van der Waals surface area contributed by atoms with Crippen molar-refractivity contribution in [2.75, 3.05) is 12.8 Å². The monoisotopic (exact) mass is 410 g/mol. The summed E-state index contributed by atoms with van der Waals surface area (Å²) < 4.78 is 5.76. The minimum Gasteiger partial charge on any atom is -0.388 e. The molecule has 2 fully saturated rings. The normalized spacial score (nSPS) is 40.2. The zero-order chi connectivity index (χ0) is 19.4. The van der Waals surface area contributed by atoms with E-state index in [0.29, 0.717) is 5.92 Å². The Labute approximate surface area is 164 Å². The summed E-state index contributed by atoms with van der Waals surface area (Å²) in [4.78, 5) is 12.7. The summed E-state index contributed by atoms with van der Waals surface area (Å²) in [5.41, 5.74) is -0.702. The second-order valence-electron chi connectivity index (χ2n) is 7.24. The Kier molecular flexibility index (Phi) is 8.46. The van der Waals surface area contributed by atoms with Crippen LogP contribution in [-0.2, 0) is 9.53 Å². The van der Waals surface area contributed by atoms with Crippen molar-refractivity contribution in [1.82, 2.24) is 10.6 Å². The fourth-order valence-electron chi connectivity index (χ4n) is 3.73. The Morgan fingerprint density at radius 1 is 1.35 bits per heavy atom. The van der Waals surface area contributed by atoms with Crippen LogP contribution in [0.1, 0.15) is 33.1 Å². The van der Waals surface area contributed by atoms with Gasteiger partial charge in [-0.15, -0.1) is 23.4 Å². The van der Waals surface area contributed by atoms with E-state index in [1.165, 1.54) is 11.8 Å². The Morgan fingerprint density at radius 2 is 2.04 bits per heavy atom. The molecule has 152 valence electrons. The molecule has 26 heavy (non-hydrogen) atoms. The number of nitrogens with one attached hydrogen (secondary N) is 2. The number of rotatable bonds is 7. The van der Waals surface area contributed by atoms with Crippen LogP contribution in [0.3, 0.4) is 0 Å². The summed E-state index contributed by atoms with van der Waals surface area (Å²) in [5, 5.41) is 36.1. The number of ether oxygens (including phenoxy) is 1. The quantitative estimate of drug-likeness (QED) is 0.377. The Bertz CT molecular complexity index is 470. The maximum Gasteiger partial charge on any atom is 0.237 e. The van der Waals surface area contributed by atoms with Gasteiger partial charge in [0, 0.05) is 0 Å². The first-order chi connectivity index (χ1) is 12.3. The van der Waals surface area contributed by atoms with Crippen molar-refractivity contribution in [3.8, 4) is 0 Å². The number of aliphatic hydroxyl groups excluding tert-OH is 3.